The Morgan fingerprint density at radius 1 is 1.37 bits per heavy atom. The first-order chi connectivity index (χ1) is 9.20. The topological polar surface area (TPSA) is 42.4 Å². The molecular formula is C14H18N2O2S. The van der Waals surface area contributed by atoms with E-state index < -0.39 is 0 Å². The van der Waals surface area contributed by atoms with Crippen molar-refractivity contribution in [2.24, 2.45) is 0 Å². The molecule has 1 amide bonds. The summed E-state index contributed by atoms with van der Waals surface area (Å²) >= 11 is 1.74. The van der Waals surface area contributed by atoms with Gasteiger partial charge in [0.25, 0.3) is 0 Å². The molecule has 1 aromatic heterocycles. The van der Waals surface area contributed by atoms with E-state index in [0.29, 0.717) is 6.42 Å². The lowest BCUT2D eigenvalue weighted by molar-refractivity contribution is -0.168. The smallest absolute Gasteiger partial charge is 0.245 e. The molecule has 102 valence electrons. The Balaban J connectivity index is 1.78. The highest BCUT2D eigenvalue weighted by atomic mass is 32.1. The molecule has 0 N–H and O–H groups in total. The Hall–Kier alpha value is -1.46. The zero-order valence-electron chi connectivity index (χ0n) is 11.3. The first-order valence-corrected chi connectivity index (χ1v) is 7.17. The van der Waals surface area contributed by atoms with E-state index in [9.17, 15) is 4.79 Å². The summed E-state index contributed by atoms with van der Waals surface area (Å²) in [5.41, 5.74) is 1.07. The minimum Gasteiger partial charge on any atom is -0.275 e. The average molecular weight is 278 g/mol. The zero-order chi connectivity index (χ0) is 13.7. The van der Waals surface area contributed by atoms with Crippen LogP contribution in [-0.2, 0) is 16.1 Å². The van der Waals surface area contributed by atoms with Gasteiger partial charge >= 0.3 is 0 Å². The van der Waals surface area contributed by atoms with Crippen LogP contribution in [0.1, 0.15) is 24.3 Å². The van der Waals surface area contributed by atoms with E-state index >= 15 is 0 Å². The van der Waals surface area contributed by atoms with Gasteiger partial charge in [-0.05, 0) is 31.4 Å². The van der Waals surface area contributed by atoms with E-state index in [1.165, 1.54) is 16.9 Å². The molecule has 0 aliphatic carbocycles. The maximum Gasteiger partial charge on any atom is 0.245 e. The summed E-state index contributed by atoms with van der Waals surface area (Å²) in [4.78, 5) is 20.9. The monoisotopic (exact) mass is 278 g/mol. The summed E-state index contributed by atoms with van der Waals surface area (Å²) in [6, 6.07) is 8.16. The first kappa shape index (κ1) is 14.0. The number of carbonyl (C=O) groups excluding carboxylic acids is 1. The van der Waals surface area contributed by atoms with Crippen LogP contribution in [0.3, 0.4) is 0 Å². The van der Waals surface area contributed by atoms with E-state index in [0.717, 1.165) is 29.8 Å². The van der Waals surface area contributed by atoms with Gasteiger partial charge in [0.05, 0.1) is 22.3 Å². The largest absolute Gasteiger partial charge is 0.275 e. The summed E-state index contributed by atoms with van der Waals surface area (Å²) in [5.74, 6) is 0.0202. The molecule has 0 saturated carbocycles. The minimum atomic E-state index is 0.0202. The third-order valence-corrected chi connectivity index (χ3v) is 4.09. The molecule has 0 radical (unpaired) electrons. The third-order valence-electron chi connectivity index (χ3n) is 2.99. The molecule has 0 bridgehead atoms. The predicted molar refractivity (Wildman–Crippen MR) is 77.0 cm³/mol. The average Bonchev–Trinajstić information content (AvgIpc) is 2.85. The zero-order valence-corrected chi connectivity index (χ0v) is 12.1. The van der Waals surface area contributed by atoms with Crippen molar-refractivity contribution >= 4 is 27.5 Å². The molecule has 0 saturated heterocycles. The van der Waals surface area contributed by atoms with Crippen LogP contribution in [-0.4, -0.2) is 30.1 Å². The molecule has 2 rings (SSSR count). The van der Waals surface area contributed by atoms with Gasteiger partial charge in [0.15, 0.2) is 0 Å². The number of aryl methyl sites for hydroxylation is 1. The van der Waals surface area contributed by atoms with Crippen LogP contribution in [0.4, 0.5) is 0 Å². The van der Waals surface area contributed by atoms with Gasteiger partial charge in [0, 0.05) is 13.5 Å². The van der Waals surface area contributed by atoms with Crippen molar-refractivity contribution in [2.45, 2.75) is 25.7 Å². The molecule has 0 aliphatic heterocycles. The molecule has 4 nitrogen and oxygen atoms in total. The number of aromatic nitrogens is 1. The normalized spacial score (nSPS) is 10.8. The molecule has 0 aliphatic rings. The number of nitrogens with zero attached hydrogens (tertiary/aromatic N) is 2. The SMILES string of the molecule is CON(C)C(=O)CCCCc1nc2ccccc2s1. The number of fused-ring (bicyclic) bond motifs is 1. The van der Waals surface area contributed by atoms with Crippen LogP contribution < -0.4 is 0 Å². The lowest BCUT2D eigenvalue weighted by Gasteiger charge is -2.12. The summed E-state index contributed by atoms with van der Waals surface area (Å²) < 4.78 is 1.23. The number of rotatable bonds is 6. The fourth-order valence-electron chi connectivity index (χ4n) is 1.84. The highest BCUT2D eigenvalue weighted by Gasteiger charge is 2.08. The van der Waals surface area contributed by atoms with Crippen molar-refractivity contribution in [3.8, 4) is 0 Å². The van der Waals surface area contributed by atoms with Crippen molar-refractivity contribution in [2.75, 3.05) is 14.2 Å². The summed E-state index contributed by atoms with van der Waals surface area (Å²) in [5, 5.41) is 2.42. The second-order valence-electron chi connectivity index (χ2n) is 4.36. The van der Waals surface area contributed by atoms with Gasteiger partial charge in [-0.15, -0.1) is 11.3 Å². The van der Waals surface area contributed by atoms with Gasteiger partial charge in [0.1, 0.15) is 0 Å². The van der Waals surface area contributed by atoms with Gasteiger partial charge in [-0.3, -0.25) is 9.63 Å². The van der Waals surface area contributed by atoms with Crippen LogP contribution in [0.15, 0.2) is 24.3 Å². The molecule has 2 aromatic rings. The fourth-order valence-corrected chi connectivity index (χ4v) is 2.85. The van der Waals surface area contributed by atoms with Crippen LogP contribution in [0.5, 0.6) is 0 Å². The maximum atomic E-state index is 11.5. The van der Waals surface area contributed by atoms with E-state index in [1.54, 1.807) is 18.4 Å². The van der Waals surface area contributed by atoms with Crippen molar-refractivity contribution in [1.82, 2.24) is 10.0 Å². The number of benzene rings is 1. The van der Waals surface area contributed by atoms with Crippen LogP contribution in [0.2, 0.25) is 0 Å². The molecule has 0 spiro atoms. The predicted octanol–water partition coefficient (Wildman–Crippen LogP) is 3.03. The molecule has 0 atom stereocenters. The molecule has 5 heteroatoms. The lowest BCUT2D eigenvalue weighted by Crippen LogP contribution is -2.24. The second-order valence-corrected chi connectivity index (χ2v) is 5.47. The van der Waals surface area contributed by atoms with E-state index in [4.69, 9.17) is 4.84 Å². The number of para-hydroxylation sites is 1. The van der Waals surface area contributed by atoms with Crippen LogP contribution in [0, 0.1) is 0 Å². The number of carbonyl (C=O) groups is 1. The van der Waals surface area contributed by atoms with E-state index in [2.05, 4.69) is 11.1 Å². The fraction of sp³-hybridized carbons (Fsp3) is 0.429. The molecular weight excluding hydrogens is 260 g/mol. The molecule has 1 heterocycles. The molecule has 0 fully saturated rings. The number of hydrogen-bond acceptors (Lipinski definition) is 4. The van der Waals surface area contributed by atoms with Gasteiger partial charge < -0.3 is 0 Å². The Kier molecular flexibility index (Phi) is 4.87. The highest BCUT2D eigenvalue weighted by molar-refractivity contribution is 7.18. The van der Waals surface area contributed by atoms with Gasteiger partial charge in [-0.2, -0.15) is 0 Å². The Bertz CT molecular complexity index is 520. The Morgan fingerprint density at radius 3 is 2.89 bits per heavy atom. The van der Waals surface area contributed by atoms with E-state index in [-0.39, 0.29) is 5.91 Å². The van der Waals surface area contributed by atoms with Crippen molar-refractivity contribution < 1.29 is 9.63 Å². The van der Waals surface area contributed by atoms with Crippen molar-refractivity contribution in [1.29, 1.82) is 0 Å². The standard InChI is InChI=1S/C14H18N2O2S/c1-16(18-2)14(17)10-6-5-9-13-15-11-7-3-4-8-12(11)19-13/h3-4,7-8H,5-6,9-10H2,1-2H3. The number of hydrogen-bond donors (Lipinski definition) is 0. The molecule has 0 unspecified atom stereocenters. The maximum absolute atomic E-state index is 11.5. The number of amides is 1. The number of unbranched alkanes of at least 4 members (excludes halogenated alkanes) is 1. The lowest BCUT2D eigenvalue weighted by atomic mass is 10.2. The number of thiazole rings is 1. The van der Waals surface area contributed by atoms with Crippen molar-refractivity contribution in [3.63, 3.8) is 0 Å². The quantitative estimate of drug-likeness (QED) is 0.602. The Labute approximate surface area is 117 Å². The number of hydroxylamine groups is 2. The van der Waals surface area contributed by atoms with Gasteiger partial charge in [0.2, 0.25) is 5.91 Å². The highest BCUT2D eigenvalue weighted by Crippen LogP contribution is 2.22. The Morgan fingerprint density at radius 2 is 2.16 bits per heavy atom. The summed E-state index contributed by atoms with van der Waals surface area (Å²) in [7, 11) is 3.13. The first-order valence-electron chi connectivity index (χ1n) is 6.36. The molecule has 19 heavy (non-hydrogen) atoms. The minimum absolute atomic E-state index is 0.0202. The van der Waals surface area contributed by atoms with Crippen LogP contribution >= 0.6 is 11.3 Å². The van der Waals surface area contributed by atoms with E-state index in [1.807, 2.05) is 18.2 Å². The third kappa shape index (κ3) is 3.75. The second kappa shape index (κ2) is 6.63. The van der Waals surface area contributed by atoms with Gasteiger partial charge in [-0.25, -0.2) is 10.0 Å². The van der Waals surface area contributed by atoms with Gasteiger partial charge in [-0.1, -0.05) is 12.1 Å². The van der Waals surface area contributed by atoms with Crippen LogP contribution in [0.25, 0.3) is 10.2 Å². The molecule has 1 aromatic carbocycles. The van der Waals surface area contributed by atoms with Crippen molar-refractivity contribution in [3.05, 3.63) is 29.3 Å². The summed E-state index contributed by atoms with van der Waals surface area (Å²) in [6.07, 6.45) is 3.30. The summed E-state index contributed by atoms with van der Waals surface area (Å²) in [6.45, 7) is 0.